The van der Waals surface area contributed by atoms with Crippen LogP contribution in [-0.2, 0) is 6.18 Å². The molecule has 2 aromatic heterocycles. The van der Waals surface area contributed by atoms with Crippen LogP contribution in [0.15, 0.2) is 54.7 Å². The molecule has 0 amide bonds. The molecule has 0 aliphatic carbocycles. The fraction of sp³-hybridized carbons (Fsp3) is 0.0952. The molecule has 0 spiro atoms. The lowest BCUT2D eigenvalue weighted by Gasteiger charge is -2.14. The van der Waals surface area contributed by atoms with E-state index in [0.717, 1.165) is 17.5 Å². The van der Waals surface area contributed by atoms with Gasteiger partial charge in [-0.05, 0) is 30.3 Å². The van der Waals surface area contributed by atoms with E-state index in [-0.39, 0.29) is 28.6 Å². The molecule has 152 valence electrons. The summed E-state index contributed by atoms with van der Waals surface area (Å²) in [5, 5.41) is 0.899. The second-order valence-corrected chi connectivity index (χ2v) is 6.42. The number of ether oxygens (including phenoxy) is 1. The van der Waals surface area contributed by atoms with Gasteiger partial charge >= 0.3 is 6.18 Å². The smallest absolute Gasteiger partial charge is 0.416 e. The van der Waals surface area contributed by atoms with Crippen LogP contribution in [0.1, 0.15) is 5.56 Å². The van der Waals surface area contributed by atoms with Crippen LogP contribution in [0.25, 0.3) is 33.5 Å². The highest BCUT2D eigenvalue weighted by molar-refractivity contribution is 5.85. The van der Waals surface area contributed by atoms with Crippen LogP contribution in [0.4, 0.5) is 23.4 Å². The Balaban J connectivity index is 1.88. The van der Waals surface area contributed by atoms with E-state index in [4.69, 9.17) is 10.5 Å². The average Bonchev–Trinajstić information content (AvgIpc) is 2.72. The van der Waals surface area contributed by atoms with Crippen LogP contribution in [0, 0.1) is 5.82 Å². The maximum absolute atomic E-state index is 14.5. The third-order valence-electron chi connectivity index (χ3n) is 4.51. The van der Waals surface area contributed by atoms with Gasteiger partial charge in [0.05, 0.1) is 23.8 Å². The van der Waals surface area contributed by atoms with E-state index < -0.39 is 17.6 Å². The molecule has 0 unspecified atom stereocenters. The molecule has 9 heteroatoms. The van der Waals surface area contributed by atoms with Gasteiger partial charge < -0.3 is 10.5 Å². The van der Waals surface area contributed by atoms with Crippen LogP contribution in [0.2, 0.25) is 0 Å². The molecule has 0 aliphatic heterocycles. The van der Waals surface area contributed by atoms with E-state index in [9.17, 15) is 17.6 Å². The Labute approximate surface area is 168 Å². The lowest BCUT2D eigenvalue weighted by Crippen LogP contribution is -2.07. The number of alkyl halides is 3. The van der Waals surface area contributed by atoms with Gasteiger partial charge in [-0.15, -0.1) is 0 Å². The number of rotatable bonds is 3. The maximum Gasteiger partial charge on any atom is 0.416 e. The van der Waals surface area contributed by atoms with Crippen molar-refractivity contribution in [1.82, 2.24) is 15.0 Å². The Hall–Kier alpha value is -3.75. The zero-order valence-electron chi connectivity index (χ0n) is 15.5. The number of fused-ring (bicyclic) bond motifs is 1. The van der Waals surface area contributed by atoms with Crippen molar-refractivity contribution in [1.29, 1.82) is 0 Å². The number of nitrogens with two attached hydrogens (primary N) is 1. The molecule has 2 aromatic carbocycles. The quantitative estimate of drug-likeness (QED) is 0.472. The fourth-order valence-corrected chi connectivity index (χ4v) is 3.07. The normalized spacial score (nSPS) is 11.6. The minimum absolute atomic E-state index is 0.0714. The highest BCUT2D eigenvalue weighted by Crippen LogP contribution is 2.37. The maximum atomic E-state index is 14.5. The molecule has 0 saturated carbocycles. The highest BCUT2D eigenvalue weighted by Gasteiger charge is 2.31. The average molecular weight is 414 g/mol. The van der Waals surface area contributed by atoms with Crippen molar-refractivity contribution >= 4 is 16.7 Å². The Morgan fingerprint density at radius 3 is 2.50 bits per heavy atom. The SMILES string of the molecule is COc1c(N)nc(-c2ccc(C(F)(F)F)cc2F)nc1-c1ccc2cccnc2c1. The van der Waals surface area contributed by atoms with Crippen molar-refractivity contribution in [2.24, 2.45) is 0 Å². The van der Waals surface area contributed by atoms with Crippen LogP contribution < -0.4 is 10.5 Å². The third-order valence-corrected chi connectivity index (χ3v) is 4.51. The van der Waals surface area contributed by atoms with Gasteiger partial charge in [0.15, 0.2) is 17.4 Å². The summed E-state index contributed by atoms with van der Waals surface area (Å²) in [6.07, 6.45) is -3.02. The minimum atomic E-state index is -4.66. The number of aromatic nitrogens is 3. The number of benzene rings is 2. The third kappa shape index (κ3) is 3.49. The van der Waals surface area contributed by atoms with Gasteiger partial charge in [-0.3, -0.25) is 4.98 Å². The lowest BCUT2D eigenvalue weighted by molar-refractivity contribution is -0.137. The summed E-state index contributed by atoms with van der Waals surface area (Å²) in [4.78, 5) is 12.7. The summed E-state index contributed by atoms with van der Waals surface area (Å²) in [5.74, 6) is -1.17. The number of hydrogen-bond donors (Lipinski definition) is 1. The molecule has 0 radical (unpaired) electrons. The first kappa shape index (κ1) is 19.6. The summed E-state index contributed by atoms with van der Waals surface area (Å²) >= 11 is 0. The van der Waals surface area contributed by atoms with E-state index in [1.807, 2.05) is 12.1 Å². The van der Waals surface area contributed by atoms with Gasteiger partial charge in [0.2, 0.25) is 0 Å². The van der Waals surface area contributed by atoms with Gasteiger partial charge in [-0.25, -0.2) is 14.4 Å². The molecule has 4 aromatic rings. The molecule has 0 atom stereocenters. The Morgan fingerprint density at radius 2 is 1.80 bits per heavy atom. The van der Waals surface area contributed by atoms with Gasteiger partial charge in [0.25, 0.3) is 0 Å². The summed E-state index contributed by atoms with van der Waals surface area (Å²) < 4.78 is 58.3. The van der Waals surface area contributed by atoms with Gasteiger partial charge in [-0.2, -0.15) is 13.2 Å². The zero-order valence-corrected chi connectivity index (χ0v) is 15.5. The van der Waals surface area contributed by atoms with E-state index in [1.165, 1.54) is 7.11 Å². The van der Waals surface area contributed by atoms with Crippen LogP contribution in [0.3, 0.4) is 0 Å². The van der Waals surface area contributed by atoms with Gasteiger partial charge in [0, 0.05) is 17.1 Å². The van der Waals surface area contributed by atoms with Crippen molar-refractivity contribution in [2.75, 3.05) is 12.8 Å². The predicted molar refractivity (Wildman–Crippen MR) is 104 cm³/mol. The van der Waals surface area contributed by atoms with E-state index >= 15 is 0 Å². The minimum Gasteiger partial charge on any atom is -0.491 e. The van der Waals surface area contributed by atoms with Crippen LogP contribution in [0.5, 0.6) is 5.75 Å². The molecule has 5 nitrogen and oxygen atoms in total. The number of methoxy groups -OCH3 is 1. The Bertz CT molecular complexity index is 1260. The highest BCUT2D eigenvalue weighted by atomic mass is 19.4. The summed E-state index contributed by atoms with van der Waals surface area (Å²) in [5.41, 5.74) is 6.20. The molecular weight excluding hydrogens is 400 g/mol. The van der Waals surface area contributed by atoms with Crippen molar-refractivity contribution in [3.8, 4) is 28.4 Å². The molecule has 0 saturated heterocycles. The summed E-state index contributed by atoms with van der Waals surface area (Å²) in [6, 6.07) is 11.2. The molecule has 0 aliphatic rings. The topological polar surface area (TPSA) is 73.9 Å². The standard InChI is InChI=1S/C21H14F4N4O/c1-30-18-17(12-5-4-11-3-2-8-27-16(11)9-12)28-20(29-19(18)26)14-7-6-13(10-15(14)22)21(23,24)25/h2-10H,1H3,(H2,26,28,29). The van der Waals surface area contributed by atoms with Crippen LogP contribution in [-0.4, -0.2) is 22.1 Å². The van der Waals surface area contributed by atoms with E-state index in [0.29, 0.717) is 17.1 Å². The second kappa shape index (κ2) is 7.25. The van der Waals surface area contributed by atoms with Gasteiger partial charge in [0.1, 0.15) is 11.5 Å². The Morgan fingerprint density at radius 1 is 1.00 bits per heavy atom. The fourth-order valence-electron chi connectivity index (χ4n) is 3.07. The number of halogens is 4. The first-order valence-corrected chi connectivity index (χ1v) is 8.71. The number of nitrogen functional groups attached to an aromatic ring is 1. The zero-order chi connectivity index (χ0) is 21.5. The summed E-state index contributed by atoms with van der Waals surface area (Å²) in [6.45, 7) is 0. The molecule has 2 N–H and O–H groups in total. The number of pyridine rings is 1. The second-order valence-electron chi connectivity index (χ2n) is 6.42. The van der Waals surface area contributed by atoms with E-state index in [2.05, 4.69) is 15.0 Å². The monoisotopic (exact) mass is 414 g/mol. The van der Waals surface area contributed by atoms with Crippen molar-refractivity contribution < 1.29 is 22.3 Å². The molecule has 2 heterocycles. The molecular formula is C21H14F4N4O. The molecule has 0 bridgehead atoms. The summed E-state index contributed by atoms with van der Waals surface area (Å²) in [7, 11) is 1.39. The number of hydrogen-bond acceptors (Lipinski definition) is 5. The number of nitrogens with zero attached hydrogens (tertiary/aromatic N) is 3. The largest absolute Gasteiger partial charge is 0.491 e. The lowest BCUT2D eigenvalue weighted by atomic mass is 10.1. The molecule has 4 rings (SSSR count). The molecule has 0 fully saturated rings. The van der Waals surface area contributed by atoms with E-state index in [1.54, 1.807) is 24.4 Å². The first-order valence-electron chi connectivity index (χ1n) is 8.71. The molecule has 30 heavy (non-hydrogen) atoms. The van der Waals surface area contributed by atoms with Gasteiger partial charge in [-0.1, -0.05) is 18.2 Å². The van der Waals surface area contributed by atoms with Crippen molar-refractivity contribution in [3.63, 3.8) is 0 Å². The number of anilines is 1. The Kier molecular flexibility index (Phi) is 4.73. The first-order chi connectivity index (χ1) is 14.3. The van der Waals surface area contributed by atoms with Crippen molar-refractivity contribution in [2.45, 2.75) is 6.18 Å². The van der Waals surface area contributed by atoms with Crippen molar-refractivity contribution in [3.05, 3.63) is 66.1 Å². The predicted octanol–water partition coefficient (Wildman–Crippen LogP) is 5.11. The van der Waals surface area contributed by atoms with Crippen LogP contribution >= 0.6 is 0 Å².